The van der Waals surface area contributed by atoms with Gasteiger partial charge in [-0.1, -0.05) is 36.4 Å². The van der Waals surface area contributed by atoms with Crippen molar-refractivity contribution >= 4 is 52.0 Å². The maximum atomic E-state index is 14.1. The molecule has 8 nitrogen and oxygen atoms in total. The van der Waals surface area contributed by atoms with E-state index in [9.17, 15) is 33.4 Å². The lowest BCUT2D eigenvalue weighted by molar-refractivity contribution is -0.137. The van der Waals surface area contributed by atoms with Crippen molar-refractivity contribution in [3.63, 3.8) is 0 Å². The number of carboxylic acids is 1. The third kappa shape index (κ3) is 7.62. The molecule has 37 heavy (non-hydrogen) atoms. The standard InChI is InChI=1S/C26H24F2IN3O5/c1-26(27,28)20-13-19(31-29)9-7-17(20)12-23(34)30-21-10-8-18(11-22(21)33)25(37)32(15-24(35)36)14-16-5-3-2-4-6-16/h2-11,13,31,33H,12,14-15H2,1H3,(H,30,34)(H,35,36). The molecule has 0 fully saturated rings. The van der Waals surface area contributed by atoms with Crippen LogP contribution in [0, 0.1) is 0 Å². The molecule has 0 atom stereocenters. The molecular formula is C26H24F2IN3O5. The molecule has 0 radical (unpaired) electrons. The topological polar surface area (TPSA) is 119 Å². The van der Waals surface area contributed by atoms with Crippen LogP contribution >= 0.6 is 22.9 Å². The Bertz CT molecular complexity index is 1300. The second-order valence-corrected chi connectivity index (χ2v) is 8.89. The first-order valence-corrected chi connectivity index (χ1v) is 12.1. The number of carbonyl (C=O) groups is 3. The van der Waals surface area contributed by atoms with E-state index in [2.05, 4.69) is 8.85 Å². The number of anilines is 2. The molecule has 3 rings (SSSR count). The quantitative estimate of drug-likeness (QED) is 0.141. The van der Waals surface area contributed by atoms with E-state index < -0.39 is 36.0 Å². The summed E-state index contributed by atoms with van der Waals surface area (Å²) in [5.74, 6) is -6.08. The molecule has 0 saturated carbocycles. The number of benzene rings is 3. The summed E-state index contributed by atoms with van der Waals surface area (Å²) in [6.45, 7) is 0.235. The first kappa shape index (κ1) is 27.8. The third-order valence-corrected chi connectivity index (χ3v) is 6.01. The lowest BCUT2D eigenvalue weighted by Gasteiger charge is -2.21. The molecule has 0 spiro atoms. The molecule has 0 aliphatic carbocycles. The van der Waals surface area contributed by atoms with E-state index in [1.54, 1.807) is 36.4 Å². The number of aliphatic carboxylic acids is 1. The Morgan fingerprint density at radius 2 is 1.73 bits per heavy atom. The van der Waals surface area contributed by atoms with Crippen LogP contribution in [0.1, 0.15) is 34.0 Å². The van der Waals surface area contributed by atoms with Crippen molar-refractivity contribution in [2.45, 2.75) is 25.8 Å². The second-order valence-electron chi connectivity index (χ2n) is 8.35. The Morgan fingerprint density at radius 1 is 1.03 bits per heavy atom. The fourth-order valence-corrected chi connectivity index (χ4v) is 4.02. The van der Waals surface area contributed by atoms with Gasteiger partial charge >= 0.3 is 5.97 Å². The van der Waals surface area contributed by atoms with Gasteiger partial charge < -0.3 is 24.0 Å². The predicted molar refractivity (Wildman–Crippen MR) is 143 cm³/mol. The number of alkyl halides is 2. The van der Waals surface area contributed by atoms with Crippen LogP contribution in [0.4, 0.5) is 20.2 Å². The van der Waals surface area contributed by atoms with E-state index in [0.29, 0.717) is 5.69 Å². The van der Waals surface area contributed by atoms with Crippen molar-refractivity contribution < 1.29 is 33.4 Å². The van der Waals surface area contributed by atoms with Crippen molar-refractivity contribution in [2.75, 3.05) is 15.4 Å². The van der Waals surface area contributed by atoms with E-state index in [4.69, 9.17) is 0 Å². The van der Waals surface area contributed by atoms with Crippen LogP contribution in [0.25, 0.3) is 0 Å². The van der Waals surface area contributed by atoms with Crippen LogP contribution in [-0.2, 0) is 28.5 Å². The van der Waals surface area contributed by atoms with Crippen LogP contribution in [-0.4, -0.2) is 39.4 Å². The summed E-state index contributed by atoms with van der Waals surface area (Å²) in [6.07, 6.45) is -0.371. The maximum Gasteiger partial charge on any atom is 0.323 e. The van der Waals surface area contributed by atoms with Crippen molar-refractivity contribution in [2.24, 2.45) is 0 Å². The molecule has 0 aliphatic heterocycles. The summed E-state index contributed by atoms with van der Waals surface area (Å²) >= 11 is 1.82. The molecule has 4 N–H and O–H groups in total. The Morgan fingerprint density at radius 3 is 2.32 bits per heavy atom. The lowest BCUT2D eigenvalue weighted by atomic mass is 9.99. The van der Waals surface area contributed by atoms with Crippen molar-refractivity contribution in [1.82, 2.24) is 4.90 Å². The number of carboxylic acid groups (broad SMARTS) is 1. The molecule has 3 aromatic rings. The number of aromatic hydroxyl groups is 1. The highest BCUT2D eigenvalue weighted by molar-refractivity contribution is 14.1. The molecule has 2 amide bonds. The Hall–Kier alpha value is -3.74. The second kappa shape index (κ2) is 12.0. The van der Waals surface area contributed by atoms with Gasteiger partial charge in [-0.25, -0.2) is 8.78 Å². The number of nitrogens with one attached hydrogen (secondary N) is 2. The Kier molecular flexibility index (Phi) is 9.03. The Labute approximate surface area is 225 Å². The van der Waals surface area contributed by atoms with Gasteiger partial charge in [0.05, 0.1) is 35.0 Å². The summed E-state index contributed by atoms with van der Waals surface area (Å²) in [6, 6.07) is 16.8. The summed E-state index contributed by atoms with van der Waals surface area (Å²) < 4.78 is 31.0. The zero-order valence-corrected chi connectivity index (χ0v) is 21.8. The highest BCUT2D eigenvalue weighted by Gasteiger charge is 2.29. The third-order valence-electron chi connectivity index (χ3n) is 5.39. The highest BCUT2D eigenvalue weighted by atomic mass is 127. The minimum atomic E-state index is -3.18. The smallest absolute Gasteiger partial charge is 0.323 e. The molecule has 194 valence electrons. The van der Waals surface area contributed by atoms with E-state index in [-0.39, 0.29) is 35.3 Å². The van der Waals surface area contributed by atoms with Gasteiger partial charge in [-0.15, -0.1) is 0 Å². The van der Waals surface area contributed by atoms with E-state index in [1.165, 1.54) is 24.3 Å². The number of nitrogens with zero attached hydrogens (tertiary/aromatic N) is 1. The van der Waals surface area contributed by atoms with Crippen molar-refractivity contribution in [3.8, 4) is 5.75 Å². The van der Waals surface area contributed by atoms with Gasteiger partial charge in [-0.2, -0.15) is 0 Å². The number of halogens is 3. The van der Waals surface area contributed by atoms with Gasteiger partial charge in [-0.3, -0.25) is 14.4 Å². The fraction of sp³-hybridized carbons (Fsp3) is 0.192. The van der Waals surface area contributed by atoms with Gasteiger partial charge in [0.25, 0.3) is 11.8 Å². The summed E-state index contributed by atoms with van der Waals surface area (Å²) in [7, 11) is 0. The minimum Gasteiger partial charge on any atom is -0.506 e. The highest BCUT2D eigenvalue weighted by Crippen LogP contribution is 2.33. The molecule has 0 saturated heterocycles. The molecular weight excluding hydrogens is 599 g/mol. The largest absolute Gasteiger partial charge is 0.506 e. The number of amides is 2. The Balaban J connectivity index is 1.76. The molecule has 0 aromatic heterocycles. The first-order chi connectivity index (χ1) is 17.5. The zero-order chi connectivity index (χ0) is 27.2. The monoisotopic (exact) mass is 623 g/mol. The SMILES string of the molecule is CC(F)(F)c1cc(NI)ccc1CC(=O)Nc1ccc(C(=O)N(CC(=O)O)Cc2ccccc2)cc1O. The van der Waals surface area contributed by atoms with E-state index in [0.717, 1.165) is 23.5 Å². The summed E-state index contributed by atoms with van der Waals surface area (Å²) in [5, 5.41) is 22.1. The number of carbonyl (C=O) groups excluding carboxylic acids is 2. The van der Waals surface area contributed by atoms with Crippen LogP contribution in [0.15, 0.2) is 66.7 Å². The van der Waals surface area contributed by atoms with Gasteiger partial charge in [0, 0.05) is 30.3 Å². The number of rotatable bonds is 10. The van der Waals surface area contributed by atoms with Crippen molar-refractivity contribution in [3.05, 3.63) is 89.0 Å². The molecule has 3 aromatic carbocycles. The zero-order valence-electron chi connectivity index (χ0n) is 19.7. The molecule has 11 heteroatoms. The molecule has 0 heterocycles. The van der Waals surface area contributed by atoms with Gasteiger partial charge in [0.15, 0.2) is 0 Å². The summed E-state index contributed by atoms with van der Waals surface area (Å²) in [4.78, 5) is 38.0. The number of phenols is 1. The molecule has 0 aliphatic rings. The lowest BCUT2D eigenvalue weighted by Crippen LogP contribution is -2.35. The van der Waals surface area contributed by atoms with Crippen LogP contribution in [0.5, 0.6) is 5.75 Å². The van der Waals surface area contributed by atoms with E-state index in [1.807, 2.05) is 22.9 Å². The average Bonchev–Trinajstić information content (AvgIpc) is 2.84. The van der Waals surface area contributed by atoms with Gasteiger partial charge in [0.2, 0.25) is 5.91 Å². The fourth-order valence-electron chi connectivity index (χ4n) is 3.68. The van der Waals surface area contributed by atoms with Crippen molar-refractivity contribution in [1.29, 1.82) is 0 Å². The van der Waals surface area contributed by atoms with Gasteiger partial charge in [0.1, 0.15) is 12.3 Å². The minimum absolute atomic E-state index is 0.0162. The van der Waals surface area contributed by atoms with Crippen LogP contribution in [0.3, 0.4) is 0 Å². The average molecular weight is 623 g/mol. The van der Waals surface area contributed by atoms with Crippen LogP contribution in [0.2, 0.25) is 0 Å². The number of phenolic OH excluding ortho intramolecular Hbond substituents is 1. The molecule has 0 unspecified atom stereocenters. The van der Waals surface area contributed by atoms with Gasteiger partial charge in [-0.05, 0) is 41.5 Å². The number of hydrogen-bond acceptors (Lipinski definition) is 5. The maximum absolute atomic E-state index is 14.1. The predicted octanol–water partition coefficient (Wildman–Crippen LogP) is 5.17. The number of hydrogen-bond donors (Lipinski definition) is 4. The summed E-state index contributed by atoms with van der Waals surface area (Å²) in [5.41, 5.74) is 1.00. The molecule has 0 bridgehead atoms. The van der Waals surface area contributed by atoms with E-state index >= 15 is 0 Å². The normalized spacial score (nSPS) is 11.0. The van der Waals surface area contributed by atoms with Crippen LogP contribution < -0.4 is 8.85 Å². The first-order valence-electron chi connectivity index (χ1n) is 11.0.